The Hall–Kier alpha value is -3.24. The first-order chi connectivity index (χ1) is 18.6. The van der Waals surface area contributed by atoms with Crippen LogP contribution in [0.3, 0.4) is 0 Å². The summed E-state index contributed by atoms with van der Waals surface area (Å²) in [4.78, 5) is 64.6. The molecule has 2 aromatic rings. The van der Waals surface area contributed by atoms with Gasteiger partial charge < -0.3 is 34.5 Å². The Morgan fingerprint density at radius 2 is 1.38 bits per heavy atom. The van der Waals surface area contributed by atoms with Crippen LogP contribution in [0.15, 0.2) is 43.2 Å². The fourth-order valence-electron chi connectivity index (χ4n) is 3.42. The Bertz CT molecular complexity index is 1340. The van der Waals surface area contributed by atoms with Crippen LogP contribution in [0, 0.1) is 13.8 Å². The molecule has 0 aromatic carbocycles. The molecule has 0 bridgehead atoms. The summed E-state index contributed by atoms with van der Waals surface area (Å²) in [5, 5.41) is 19.3. The first-order valence-corrected chi connectivity index (χ1v) is 14.3. The molecule has 4 N–H and O–H groups in total. The Labute approximate surface area is 231 Å². The molecule has 0 aliphatic heterocycles. The van der Waals surface area contributed by atoms with Crippen molar-refractivity contribution in [1.82, 2.24) is 29.7 Å². The van der Waals surface area contributed by atoms with Gasteiger partial charge in [-0.15, -0.1) is 0 Å². The number of carbonyl (C=O) groups is 2. The van der Waals surface area contributed by atoms with Gasteiger partial charge in [0.25, 0.3) is 11.1 Å². The Kier molecular flexibility index (Phi) is 12.6. The van der Waals surface area contributed by atoms with Crippen LogP contribution in [0.2, 0.25) is 0 Å². The van der Waals surface area contributed by atoms with Gasteiger partial charge in [0.15, 0.2) is 4.91 Å². The lowest BCUT2D eigenvalue weighted by atomic mass is 10.2. The number of aliphatic hydroxyl groups excluding tert-OH is 2. The first kappa shape index (κ1) is 32.0. The molecule has 15 heteroatoms. The summed E-state index contributed by atoms with van der Waals surface area (Å²) in [6.45, 7) is 5.48. The minimum atomic E-state index is -1.86. The molecule has 1 atom stereocenters. The van der Waals surface area contributed by atoms with Gasteiger partial charge in [0.05, 0.1) is 51.6 Å². The normalized spacial score (nSPS) is 13.3. The van der Waals surface area contributed by atoms with E-state index >= 15 is 0 Å². The highest BCUT2D eigenvalue weighted by Crippen LogP contribution is 2.37. The molecule has 0 fully saturated rings. The van der Waals surface area contributed by atoms with Gasteiger partial charge in [-0.3, -0.25) is 19.2 Å². The molecule has 13 nitrogen and oxygen atoms in total. The number of carbonyl (C=O) groups excluding carboxylic acids is 2. The first-order valence-electron chi connectivity index (χ1n) is 11.8. The van der Waals surface area contributed by atoms with Gasteiger partial charge >= 0.3 is 0 Å². The quantitative estimate of drug-likeness (QED) is 0.132. The van der Waals surface area contributed by atoms with Gasteiger partial charge in [-0.2, -0.15) is 0 Å². The third-order valence-electron chi connectivity index (χ3n) is 5.66. The number of hydrogen-bond donors (Lipinski definition) is 4. The van der Waals surface area contributed by atoms with E-state index in [1.807, 2.05) is 0 Å². The van der Waals surface area contributed by atoms with E-state index in [1.54, 1.807) is 27.7 Å². The lowest BCUT2D eigenvalue weighted by Gasteiger charge is -2.24. The van der Waals surface area contributed by atoms with Crippen LogP contribution in [0.4, 0.5) is 0 Å². The predicted octanol–water partition coefficient (Wildman–Crippen LogP) is 0.712. The maximum absolute atomic E-state index is 13.5. The summed E-state index contributed by atoms with van der Waals surface area (Å²) in [6.07, 6.45) is 3.75. The van der Waals surface area contributed by atoms with Crippen molar-refractivity contribution in [2.24, 2.45) is 0 Å². The molecule has 2 aromatic heterocycles. The van der Waals surface area contributed by atoms with Crippen molar-refractivity contribution in [3.05, 3.63) is 77.1 Å². The van der Waals surface area contributed by atoms with Crippen molar-refractivity contribution in [3.63, 3.8) is 0 Å². The highest BCUT2D eigenvalue weighted by Gasteiger charge is 2.27. The van der Waals surface area contributed by atoms with E-state index < -0.39 is 21.3 Å². The van der Waals surface area contributed by atoms with E-state index in [2.05, 4.69) is 19.9 Å². The number of amides is 2. The molecule has 0 aliphatic rings. The van der Waals surface area contributed by atoms with E-state index in [0.29, 0.717) is 35.1 Å². The number of rotatable bonds is 15. The third-order valence-corrected chi connectivity index (χ3v) is 9.08. The molecule has 0 saturated heterocycles. The molecule has 2 amide bonds. The number of nitrogens with zero attached hydrogens (tertiary/aromatic N) is 4. The Morgan fingerprint density at radius 1 is 0.923 bits per heavy atom. The fraction of sp³-hybridized carbons (Fsp3) is 0.417. The SMILES string of the molecule is C/C(=C(\CCO)S[S+]([O-])/C(CCO)=C(/C)N(C=O)Cc1cnc(C)[nH]c1=O)N(C=O)Cc1cnc(C)[nH]c1=O. The van der Waals surface area contributed by atoms with Crippen LogP contribution in [-0.4, -0.2) is 70.5 Å². The van der Waals surface area contributed by atoms with E-state index in [-0.39, 0.29) is 60.9 Å². The van der Waals surface area contributed by atoms with E-state index in [9.17, 15) is 33.9 Å². The van der Waals surface area contributed by atoms with Crippen molar-refractivity contribution in [3.8, 4) is 0 Å². The number of hydrogen-bond acceptors (Lipinski definition) is 10. The zero-order valence-electron chi connectivity index (χ0n) is 22.1. The smallest absolute Gasteiger partial charge is 0.255 e. The fourth-order valence-corrected chi connectivity index (χ4v) is 6.80. The number of aromatic amines is 2. The van der Waals surface area contributed by atoms with Crippen molar-refractivity contribution >= 4 is 33.8 Å². The molecule has 1 unspecified atom stereocenters. The Balaban J connectivity index is 2.40. The number of aliphatic hydroxyl groups is 2. The summed E-state index contributed by atoms with van der Waals surface area (Å²) >= 11 is 0. The number of nitrogens with one attached hydrogen (secondary N) is 2. The van der Waals surface area contributed by atoms with E-state index in [0.717, 1.165) is 10.8 Å². The predicted molar refractivity (Wildman–Crippen MR) is 147 cm³/mol. The van der Waals surface area contributed by atoms with E-state index in [1.165, 1.54) is 22.2 Å². The minimum Gasteiger partial charge on any atom is -0.600 e. The molecule has 0 saturated carbocycles. The molecule has 0 radical (unpaired) electrons. The molecular formula is C24H32N6O7S2. The zero-order valence-corrected chi connectivity index (χ0v) is 23.7. The number of H-pyrrole nitrogens is 2. The topological polar surface area (TPSA) is 196 Å². The summed E-state index contributed by atoms with van der Waals surface area (Å²) in [5.41, 5.74) is 0.274. The molecule has 39 heavy (non-hydrogen) atoms. The van der Waals surface area contributed by atoms with Crippen LogP contribution < -0.4 is 11.1 Å². The second-order valence-electron chi connectivity index (χ2n) is 8.39. The van der Waals surface area contributed by atoms with Gasteiger partial charge in [0.2, 0.25) is 12.8 Å². The van der Waals surface area contributed by atoms with Crippen molar-refractivity contribution in [2.45, 2.75) is 53.6 Å². The molecule has 212 valence electrons. The molecule has 2 heterocycles. The summed E-state index contributed by atoms with van der Waals surface area (Å²) in [5.74, 6) is 0.838. The molecule has 2 rings (SSSR count). The van der Waals surface area contributed by atoms with Crippen LogP contribution >= 0.6 is 10.8 Å². The third kappa shape index (κ3) is 8.90. The van der Waals surface area contributed by atoms with Crippen molar-refractivity contribution < 1.29 is 24.4 Å². The molecule has 0 spiro atoms. The van der Waals surface area contributed by atoms with Crippen LogP contribution in [0.5, 0.6) is 0 Å². The maximum atomic E-state index is 13.5. The lowest BCUT2D eigenvalue weighted by Crippen LogP contribution is -2.27. The maximum Gasteiger partial charge on any atom is 0.255 e. The van der Waals surface area contributed by atoms with Gasteiger partial charge in [-0.25, -0.2) is 9.97 Å². The lowest BCUT2D eigenvalue weighted by molar-refractivity contribution is -0.117. The zero-order chi connectivity index (χ0) is 29.1. The molecular weight excluding hydrogens is 548 g/mol. The summed E-state index contributed by atoms with van der Waals surface area (Å²) in [6, 6.07) is 0. The van der Waals surface area contributed by atoms with Gasteiger partial charge in [0, 0.05) is 37.5 Å². The number of aromatic nitrogens is 4. The summed E-state index contributed by atoms with van der Waals surface area (Å²) < 4.78 is 13.5. The highest BCUT2D eigenvalue weighted by atomic mass is 33.1. The second kappa shape index (κ2) is 15.4. The van der Waals surface area contributed by atoms with E-state index in [4.69, 9.17) is 0 Å². The number of aryl methyl sites for hydroxylation is 2. The van der Waals surface area contributed by atoms with Gasteiger partial charge in [-0.1, -0.05) is 0 Å². The van der Waals surface area contributed by atoms with Crippen LogP contribution in [-0.2, 0) is 32.9 Å². The van der Waals surface area contributed by atoms with Crippen molar-refractivity contribution in [2.75, 3.05) is 13.2 Å². The minimum absolute atomic E-state index is 0.0362. The van der Waals surface area contributed by atoms with Crippen molar-refractivity contribution in [1.29, 1.82) is 0 Å². The molecule has 0 aliphatic carbocycles. The van der Waals surface area contributed by atoms with Gasteiger partial charge in [0.1, 0.15) is 22.4 Å². The summed E-state index contributed by atoms with van der Waals surface area (Å²) in [7, 11) is -1.01. The van der Waals surface area contributed by atoms with Crippen LogP contribution in [0.1, 0.15) is 49.5 Å². The Morgan fingerprint density at radius 3 is 1.79 bits per heavy atom. The van der Waals surface area contributed by atoms with Gasteiger partial charge in [-0.05, 0) is 27.7 Å². The largest absolute Gasteiger partial charge is 0.600 e. The average molecular weight is 581 g/mol. The second-order valence-corrected chi connectivity index (χ2v) is 11.4. The highest BCUT2D eigenvalue weighted by molar-refractivity contribution is 8.74. The average Bonchev–Trinajstić information content (AvgIpc) is 2.90. The van der Waals surface area contributed by atoms with Crippen LogP contribution in [0.25, 0.3) is 0 Å². The number of allylic oxidation sites excluding steroid dienone is 2. The monoisotopic (exact) mass is 580 g/mol. The standard InChI is InChI=1S/C24H32N6O7S2/c1-15(29(13-33)11-19-9-25-17(3)27-23(19)35)21(5-7-31)38-39(37)22(6-8-32)16(2)30(14-34)12-20-10-26-18(4)28-24(20)36/h9-10,13-14,31-32H,5-8,11-12H2,1-4H3,(H,25,27,35)(H,26,28,36)/b21-15-,22-16-.